The molecule has 0 bridgehead atoms. The number of likely N-dealkylation sites (N-methyl/N-ethyl adjacent to an activating group) is 1. The molecule has 1 heterocycles. The Hall–Kier alpha value is -0.750. The van der Waals surface area contributed by atoms with Crippen molar-refractivity contribution in [3.05, 3.63) is 50.9 Å². The molecule has 0 aliphatic rings. The largest absolute Gasteiger partial charge is 0.329 e. The third-order valence-electron chi connectivity index (χ3n) is 3.74. The molecule has 0 fully saturated rings. The van der Waals surface area contributed by atoms with E-state index in [1.807, 2.05) is 5.51 Å². The van der Waals surface area contributed by atoms with E-state index < -0.39 is 0 Å². The summed E-state index contributed by atoms with van der Waals surface area (Å²) in [4.78, 5) is 6.65. The van der Waals surface area contributed by atoms with Crippen LogP contribution in [0.3, 0.4) is 0 Å². The molecule has 1 aromatic carbocycles. The molecular weight excluding hydrogens is 334 g/mol. The van der Waals surface area contributed by atoms with Crippen LogP contribution in [0.25, 0.3) is 0 Å². The van der Waals surface area contributed by atoms with Crippen LogP contribution < -0.4 is 5.73 Å². The minimum atomic E-state index is -0.0720. The van der Waals surface area contributed by atoms with E-state index in [0.29, 0.717) is 6.54 Å². The zero-order valence-electron chi connectivity index (χ0n) is 11.8. The van der Waals surface area contributed by atoms with Crippen LogP contribution >= 0.6 is 27.3 Å². The molecule has 3 nitrogen and oxygen atoms in total. The summed E-state index contributed by atoms with van der Waals surface area (Å²) in [5, 5.41) is 2.09. The van der Waals surface area contributed by atoms with Crippen LogP contribution in [0.4, 0.5) is 0 Å². The zero-order valence-corrected chi connectivity index (χ0v) is 14.2. The summed E-state index contributed by atoms with van der Waals surface area (Å²) in [6.45, 7) is 3.65. The number of rotatable bonds is 6. The minimum Gasteiger partial charge on any atom is -0.329 e. The number of halogens is 1. The Balaban J connectivity index is 2.09. The molecule has 2 rings (SSSR count). The van der Waals surface area contributed by atoms with E-state index in [-0.39, 0.29) is 5.54 Å². The monoisotopic (exact) mass is 353 g/mol. The van der Waals surface area contributed by atoms with Gasteiger partial charge in [-0.25, -0.2) is 4.98 Å². The van der Waals surface area contributed by atoms with Crippen molar-refractivity contribution < 1.29 is 0 Å². The summed E-state index contributed by atoms with van der Waals surface area (Å²) in [5.41, 5.74) is 10.2. The van der Waals surface area contributed by atoms with Crippen LogP contribution in [-0.2, 0) is 13.0 Å². The summed E-state index contributed by atoms with van der Waals surface area (Å²) in [6.07, 6.45) is 0.928. The Morgan fingerprint density at radius 2 is 2.05 bits per heavy atom. The Kier molecular flexibility index (Phi) is 5.32. The summed E-state index contributed by atoms with van der Waals surface area (Å²) in [7, 11) is 2.12. The molecule has 0 saturated carbocycles. The van der Waals surface area contributed by atoms with E-state index in [0.717, 1.165) is 23.1 Å². The maximum Gasteiger partial charge on any atom is 0.0795 e. The molecule has 1 atom stereocenters. The van der Waals surface area contributed by atoms with Crippen molar-refractivity contribution >= 4 is 27.3 Å². The van der Waals surface area contributed by atoms with Crippen molar-refractivity contribution in [2.24, 2.45) is 5.73 Å². The van der Waals surface area contributed by atoms with Crippen LogP contribution in [0.5, 0.6) is 0 Å². The molecule has 108 valence electrons. The molecular formula is C15H20BrN3S. The molecule has 2 N–H and O–H groups in total. The van der Waals surface area contributed by atoms with Gasteiger partial charge in [-0.2, -0.15) is 0 Å². The van der Waals surface area contributed by atoms with Gasteiger partial charge in [-0.05, 0) is 38.1 Å². The first-order valence-electron chi connectivity index (χ1n) is 6.56. The molecule has 1 unspecified atom stereocenters. The van der Waals surface area contributed by atoms with Crippen molar-refractivity contribution in [1.29, 1.82) is 0 Å². The van der Waals surface area contributed by atoms with E-state index in [1.165, 1.54) is 5.56 Å². The van der Waals surface area contributed by atoms with Gasteiger partial charge in [-0.3, -0.25) is 4.90 Å². The highest BCUT2D eigenvalue weighted by Crippen LogP contribution is 2.22. The van der Waals surface area contributed by atoms with Crippen molar-refractivity contribution in [3.8, 4) is 0 Å². The van der Waals surface area contributed by atoms with Gasteiger partial charge in [-0.1, -0.05) is 28.1 Å². The molecule has 20 heavy (non-hydrogen) atoms. The predicted molar refractivity (Wildman–Crippen MR) is 88.9 cm³/mol. The standard InChI is InChI=1S/C15H20BrN3S/c1-15(10-17,7-12-3-5-13(16)6-4-12)19(2)8-14-9-20-11-18-14/h3-6,9,11H,7-8,10,17H2,1-2H3. The summed E-state index contributed by atoms with van der Waals surface area (Å²) >= 11 is 5.10. The van der Waals surface area contributed by atoms with Gasteiger partial charge in [0.1, 0.15) is 0 Å². The number of thiazole rings is 1. The number of aromatic nitrogens is 1. The van der Waals surface area contributed by atoms with E-state index in [2.05, 4.69) is 69.4 Å². The fraction of sp³-hybridized carbons (Fsp3) is 0.400. The average Bonchev–Trinajstić information content (AvgIpc) is 2.94. The second-order valence-electron chi connectivity index (χ2n) is 5.34. The highest BCUT2D eigenvalue weighted by atomic mass is 79.9. The molecule has 0 spiro atoms. The Bertz CT molecular complexity index is 527. The highest BCUT2D eigenvalue weighted by molar-refractivity contribution is 9.10. The first-order valence-corrected chi connectivity index (χ1v) is 8.30. The highest BCUT2D eigenvalue weighted by Gasteiger charge is 2.28. The Morgan fingerprint density at radius 3 is 2.60 bits per heavy atom. The molecule has 1 aromatic heterocycles. The van der Waals surface area contributed by atoms with E-state index in [1.54, 1.807) is 11.3 Å². The SMILES string of the molecule is CN(Cc1cscn1)C(C)(CN)Cc1ccc(Br)cc1. The van der Waals surface area contributed by atoms with Crippen molar-refractivity contribution in [2.75, 3.05) is 13.6 Å². The summed E-state index contributed by atoms with van der Waals surface area (Å²) in [5.74, 6) is 0. The van der Waals surface area contributed by atoms with Crippen LogP contribution in [0.1, 0.15) is 18.2 Å². The van der Waals surface area contributed by atoms with Gasteiger partial charge >= 0.3 is 0 Å². The first-order chi connectivity index (χ1) is 9.53. The van der Waals surface area contributed by atoms with Gasteiger partial charge < -0.3 is 5.73 Å². The first kappa shape index (κ1) is 15.6. The second kappa shape index (κ2) is 6.80. The van der Waals surface area contributed by atoms with Gasteiger partial charge in [0.15, 0.2) is 0 Å². The minimum absolute atomic E-state index is 0.0720. The van der Waals surface area contributed by atoms with Crippen molar-refractivity contribution in [2.45, 2.75) is 25.4 Å². The predicted octanol–water partition coefficient (Wildman–Crippen LogP) is 3.30. The number of hydrogen-bond donors (Lipinski definition) is 1. The lowest BCUT2D eigenvalue weighted by molar-refractivity contribution is 0.134. The van der Waals surface area contributed by atoms with Gasteiger partial charge in [0, 0.05) is 28.5 Å². The van der Waals surface area contributed by atoms with Crippen molar-refractivity contribution in [3.63, 3.8) is 0 Å². The lowest BCUT2D eigenvalue weighted by atomic mass is 9.91. The summed E-state index contributed by atoms with van der Waals surface area (Å²) in [6, 6.07) is 8.45. The lowest BCUT2D eigenvalue weighted by Crippen LogP contribution is -2.51. The fourth-order valence-corrected chi connectivity index (χ4v) is 2.97. The molecule has 2 aromatic rings. The smallest absolute Gasteiger partial charge is 0.0795 e. The fourth-order valence-electron chi connectivity index (χ4n) is 2.15. The molecule has 0 aliphatic heterocycles. The molecule has 0 amide bonds. The quantitative estimate of drug-likeness (QED) is 0.866. The Labute approximate surface area is 133 Å². The molecule has 0 radical (unpaired) electrons. The van der Waals surface area contributed by atoms with Crippen LogP contribution in [-0.4, -0.2) is 29.0 Å². The topological polar surface area (TPSA) is 42.2 Å². The average molecular weight is 354 g/mol. The normalized spacial score (nSPS) is 14.4. The zero-order chi connectivity index (χ0) is 14.6. The molecule has 0 aliphatic carbocycles. The van der Waals surface area contributed by atoms with Crippen LogP contribution in [0.2, 0.25) is 0 Å². The van der Waals surface area contributed by atoms with Gasteiger partial charge in [0.05, 0.1) is 11.2 Å². The maximum atomic E-state index is 6.05. The molecule has 5 heteroatoms. The summed E-state index contributed by atoms with van der Waals surface area (Å²) < 4.78 is 1.10. The van der Waals surface area contributed by atoms with Gasteiger partial charge in [0.2, 0.25) is 0 Å². The number of nitrogens with zero attached hydrogens (tertiary/aromatic N) is 2. The Morgan fingerprint density at radius 1 is 1.35 bits per heavy atom. The van der Waals surface area contributed by atoms with Crippen LogP contribution in [0.15, 0.2) is 39.6 Å². The van der Waals surface area contributed by atoms with Crippen molar-refractivity contribution in [1.82, 2.24) is 9.88 Å². The third kappa shape index (κ3) is 3.88. The molecule has 0 saturated heterocycles. The number of nitrogens with two attached hydrogens (primary N) is 1. The number of hydrogen-bond acceptors (Lipinski definition) is 4. The lowest BCUT2D eigenvalue weighted by Gasteiger charge is -2.38. The van der Waals surface area contributed by atoms with E-state index in [4.69, 9.17) is 5.73 Å². The van der Waals surface area contributed by atoms with Gasteiger partial charge in [0.25, 0.3) is 0 Å². The number of benzene rings is 1. The van der Waals surface area contributed by atoms with Gasteiger partial charge in [-0.15, -0.1) is 11.3 Å². The third-order valence-corrected chi connectivity index (χ3v) is 4.91. The second-order valence-corrected chi connectivity index (χ2v) is 6.97. The van der Waals surface area contributed by atoms with Crippen LogP contribution in [0, 0.1) is 0 Å². The van der Waals surface area contributed by atoms with E-state index in [9.17, 15) is 0 Å². The van der Waals surface area contributed by atoms with E-state index >= 15 is 0 Å². The maximum absolute atomic E-state index is 6.05.